The lowest BCUT2D eigenvalue weighted by Crippen LogP contribution is -2.33. The summed E-state index contributed by atoms with van der Waals surface area (Å²) in [5.74, 6) is -1.39. The number of nitrogens with zero attached hydrogens (tertiary/aromatic N) is 1. The Kier molecular flexibility index (Phi) is 3.57. The maximum Gasteiger partial charge on any atom is 0.312 e. The number of carbonyl (C=O) groups excluding carboxylic acids is 3. The Hall–Kier alpha value is -3.41. The lowest BCUT2D eigenvalue weighted by molar-refractivity contribution is -0.145. The number of nitrogens with one attached hydrogen (secondary N) is 1. The highest BCUT2D eigenvalue weighted by Crippen LogP contribution is 2.22. The van der Waals surface area contributed by atoms with Gasteiger partial charge in [-0.25, -0.2) is 4.90 Å². The number of imide groups is 1. The van der Waals surface area contributed by atoms with Crippen LogP contribution in [0.3, 0.4) is 0 Å². The minimum atomic E-state index is -0.499. The first-order valence-corrected chi connectivity index (χ1v) is 7.81. The second kappa shape index (κ2) is 5.90. The van der Waals surface area contributed by atoms with Crippen molar-refractivity contribution in [2.75, 3.05) is 6.73 Å². The second-order valence-corrected chi connectivity index (χ2v) is 5.77. The van der Waals surface area contributed by atoms with Crippen molar-refractivity contribution >= 4 is 28.7 Å². The lowest BCUT2D eigenvalue weighted by Gasteiger charge is -2.13. The summed E-state index contributed by atoms with van der Waals surface area (Å²) in [7, 11) is 0. The van der Waals surface area contributed by atoms with Crippen LogP contribution in [-0.4, -0.2) is 34.4 Å². The van der Waals surface area contributed by atoms with Gasteiger partial charge in [0.05, 0.1) is 17.5 Å². The number of H-pyrrole nitrogens is 1. The third-order valence-corrected chi connectivity index (χ3v) is 4.24. The molecule has 2 aromatic carbocycles. The average Bonchev–Trinajstić information content (AvgIpc) is 3.14. The molecular formula is C19H14N2O4. The minimum Gasteiger partial charge on any atom is -0.443 e. The molecule has 1 N–H and O–H groups in total. The molecule has 124 valence electrons. The van der Waals surface area contributed by atoms with E-state index in [9.17, 15) is 14.4 Å². The average molecular weight is 334 g/mol. The molecule has 6 nitrogen and oxygen atoms in total. The molecule has 1 aliphatic rings. The first-order valence-electron chi connectivity index (χ1n) is 7.81. The molecule has 1 aromatic heterocycles. The first kappa shape index (κ1) is 15.1. The van der Waals surface area contributed by atoms with Crippen LogP contribution in [0, 0.1) is 0 Å². The Bertz CT molecular complexity index is 970. The minimum absolute atomic E-state index is 0.0627. The van der Waals surface area contributed by atoms with E-state index in [0.29, 0.717) is 11.1 Å². The maximum absolute atomic E-state index is 12.2. The van der Waals surface area contributed by atoms with Crippen LogP contribution >= 0.6 is 0 Å². The highest BCUT2D eigenvalue weighted by Gasteiger charge is 2.35. The number of rotatable bonds is 4. The third kappa shape index (κ3) is 2.57. The molecule has 4 rings (SSSR count). The van der Waals surface area contributed by atoms with Crippen molar-refractivity contribution in [2.24, 2.45) is 0 Å². The van der Waals surface area contributed by atoms with Crippen molar-refractivity contribution in [1.29, 1.82) is 0 Å². The van der Waals surface area contributed by atoms with E-state index in [2.05, 4.69) is 4.98 Å². The Morgan fingerprint density at radius 1 is 0.960 bits per heavy atom. The second-order valence-electron chi connectivity index (χ2n) is 5.77. The summed E-state index contributed by atoms with van der Waals surface area (Å²) in [5.41, 5.74) is 2.41. The van der Waals surface area contributed by atoms with Gasteiger partial charge in [-0.2, -0.15) is 0 Å². The zero-order valence-corrected chi connectivity index (χ0v) is 13.2. The molecule has 0 saturated carbocycles. The van der Waals surface area contributed by atoms with Gasteiger partial charge in [0.2, 0.25) is 0 Å². The molecule has 0 saturated heterocycles. The Balaban J connectivity index is 1.43. The van der Waals surface area contributed by atoms with Crippen LogP contribution in [0.15, 0.2) is 54.7 Å². The number of hydrogen-bond acceptors (Lipinski definition) is 4. The number of para-hydroxylation sites is 1. The van der Waals surface area contributed by atoms with Gasteiger partial charge in [-0.3, -0.25) is 14.4 Å². The monoisotopic (exact) mass is 334 g/mol. The van der Waals surface area contributed by atoms with E-state index in [0.717, 1.165) is 21.4 Å². The van der Waals surface area contributed by atoms with Crippen molar-refractivity contribution < 1.29 is 19.1 Å². The number of esters is 1. The van der Waals surface area contributed by atoms with Crippen molar-refractivity contribution in [3.63, 3.8) is 0 Å². The first-order chi connectivity index (χ1) is 12.1. The third-order valence-electron chi connectivity index (χ3n) is 4.24. The van der Waals surface area contributed by atoms with Crippen LogP contribution in [0.2, 0.25) is 0 Å². The number of aromatic amines is 1. The van der Waals surface area contributed by atoms with E-state index >= 15 is 0 Å². The Labute approximate surface area is 143 Å². The topological polar surface area (TPSA) is 79.5 Å². The number of amides is 2. The van der Waals surface area contributed by atoms with E-state index in [1.54, 1.807) is 30.5 Å². The Morgan fingerprint density at radius 2 is 1.60 bits per heavy atom. The molecular weight excluding hydrogens is 320 g/mol. The highest BCUT2D eigenvalue weighted by molar-refractivity contribution is 6.21. The molecule has 0 spiro atoms. The molecule has 0 fully saturated rings. The quantitative estimate of drug-likeness (QED) is 0.587. The number of carbonyl (C=O) groups is 3. The number of aromatic nitrogens is 1. The van der Waals surface area contributed by atoms with Crippen LogP contribution in [0.25, 0.3) is 10.9 Å². The Morgan fingerprint density at radius 3 is 2.32 bits per heavy atom. The molecule has 2 amide bonds. The van der Waals surface area contributed by atoms with Gasteiger partial charge in [0.1, 0.15) is 0 Å². The summed E-state index contributed by atoms with van der Waals surface area (Å²) in [6, 6.07) is 14.2. The van der Waals surface area contributed by atoms with E-state index in [4.69, 9.17) is 4.74 Å². The van der Waals surface area contributed by atoms with Gasteiger partial charge < -0.3 is 9.72 Å². The van der Waals surface area contributed by atoms with E-state index in [-0.39, 0.29) is 13.2 Å². The number of ether oxygens (including phenoxy) is 1. The van der Waals surface area contributed by atoms with Crippen LogP contribution in [0.1, 0.15) is 26.3 Å². The summed E-state index contributed by atoms with van der Waals surface area (Å²) in [5, 5.41) is 0.945. The summed E-state index contributed by atoms with van der Waals surface area (Å²) >= 11 is 0. The molecule has 25 heavy (non-hydrogen) atoms. The largest absolute Gasteiger partial charge is 0.443 e. The fraction of sp³-hybridized carbons (Fsp3) is 0.105. The number of benzene rings is 2. The van der Waals surface area contributed by atoms with Crippen LogP contribution < -0.4 is 0 Å². The van der Waals surface area contributed by atoms with E-state index in [1.807, 2.05) is 24.3 Å². The van der Waals surface area contributed by atoms with E-state index < -0.39 is 17.8 Å². The molecule has 0 radical (unpaired) electrons. The zero-order valence-electron chi connectivity index (χ0n) is 13.2. The standard InChI is InChI=1S/C19H14N2O4/c22-17(9-12-10-20-16-8-4-3-5-13(12)16)25-11-21-18(23)14-6-1-2-7-15(14)19(21)24/h1-8,10,20H,9,11H2. The predicted molar refractivity (Wildman–Crippen MR) is 89.9 cm³/mol. The van der Waals surface area contributed by atoms with Gasteiger partial charge in [0.15, 0.2) is 6.73 Å². The summed E-state index contributed by atoms with van der Waals surface area (Å²) < 4.78 is 5.15. The number of fused-ring (bicyclic) bond motifs is 2. The van der Waals surface area contributed by atoms with Crippen molar-refractivity contribution in [1.82, 2.24) is 9.88 Å². The van der Waals surface area contributed by atoms with Gasteiger partial charge in [-0.05, 0) is 23.8 Å². The van der Waals surface area contributed by atoms with Crippen LogP contribution in [-0.2, 0) is 16.0 Å². The summed E-state index contributed by atoms with van der Waals surface area (Å²) in [6.45, 7) is -0.381. The van der Waals surface area contributed by atoms with Gasteiger partial charge >= 0.3 is 5.97 Å². The van der Waals surface area contributed by atoms with Gasteiger partial charge in [-0.15, -0.1) is 0 Å². The molecule has 0 unspecified atom stereocenters. The van der Waals surface area contributed by atoms with Crippen molar-refractivity contribution in [3.8, 4) is 0 Å². The molecule has 2 heterocycles. The molecule has 3 aromatic rings. The lowest BCUT2D eigenvalue weighted by atomic mass is 10.1. The SMILES string of the molecule is O=C(Cc1c[nH]c2ccccc12)OCN1C(=O)c2ccccc2C1=O. The molecule has 6 heteroatoms. The highest BCUT2D eigenvalue weighted by atomic mass is 16.5. The van der Waals surface area contributed by atoms with E-state index in [1.165, 1.54) is 0 Å². The zero-order chi connectivity index (χ0) is 17.4. The molecule has 0 atom stereocenters. The molecule has 1 aliphatic heterocycles. The predicted octanol–water partition coefficient (Wildman–Crippen LogP) is 2.51. The molecule has 0 aliphatic carbocycles. The van der Waals surface area contributed by atoms with Gasteiger partial charge in [-0.1, -0.05) is 30.3 Å². The molecule has 0 bridgehead atoms. The number of hydrogen-bond donors (Lipinski definition) is 1. The van der Waals surface area contributed by atoms with Crippen LogP contribution in [0.4, 0.5) is 0 Å². The fourth-order valence-electron chi connectivity index (χ4n) is 2.98. The van der Waals surface area contributed by atoms with Crippen molar-refractivity contribution in [3.05, 3.63) is 71.4 Å². The van der Waals surface area contributed by atoms with Gasteiger partial charge in [0, 0.05) is 17.1 Å². The van der Waals surface area contributed by atoms with Gasteiger partial charge in [0.25, 0.3) is 11.8 Å². The smallest absolute Gasteiger partial charge is 0.312 e. The normalized spacial score (nSPS) is 13.4. The summed E-state index contributed by atoms with van der Waals surface area (Å²) in [6.07, 6.45) is 1.82. The summed E-state index contributed by atoms with van der Waals surface area (Å²) in [4.78, 5) is 40.6. The fourth-order valence-corrected chi connectivity index (χ4v) is 2.98. The maximum atomic E-state index is 12.2. The van der Waals surface area contributed by atoms with Crippen LogP contribution in [0.5, 0.6) is 0 Å². The van der Waals surface area contributed by atoms with Crippen molar-refractivity contribution in [2.45, 2.75) is 6.42 Å².